The van der Waals surface area contributed by atoms with Gasteiger partial charge in [-0.05, 0) is 26.0 Å². The lowest BCUT2D eigenvalue weighted by molar-refractivity contribution is -0.117. The summed E-state index contributed by atoms with van der Waals surface area (Å²) in [5.74, 6) is 0.183. The van der Waals surface area contributed by atoms with Crippen molar-refractivity contribution in [1.82, 2.24) is 23.1 Å². The van der Waals surface area contributed by atoms with E-state index in [0.29, 0.717) is 10.8 Å². The standard InChI is InChI=1S/C18H16ClN5O3/c1-10-8-22-14-15(21(3)18(27)23(16(14)26)9-11(2)25)20-17(22)24(10)13-7-5-4-6-12(13)19/h4-8H,9H2,1-3H3. The Labute approximate surface area is 157 Å². The Kier molecular flexibility index (Phi) is 3.81. The van der Waals surface area contributed by atoms with Gasteiger partial charge < -0.3 is 0 Å². The minimum atomic E-state index is -0.579. The fourth-order valence-corrected chi connectivity index (χ4v) is 3.52. The highest BCUT2D eigenvalue weighted by molar-refractivity contribution is 6.32. The number of carbonyl (C=O) groups excluding carboxylic acids is 1. The van der Waals surface area contributed by atoms with Gasteiger partial charge in [-0.25, -0.2) is 4.79 Å². The molecule has 4 rings (SSSR count). The Balaban J connectivity index is 2.16. The Morgan fingerprint density at radius 1 is 1.22 bits per heavy atom. The Hall–Kier alpha value is -3.13. The van der Waals surface area contributed by atoms with Crippen molar-refractivity contribution in [3.05, 3.63) is 62.0 Å². The number of ketones is 1. The molecule has 0 radical (unpaired) electrons. The number of carbonyl (C=O) groups is 1. The van der Waals surface area contributed by atoms with E-state index in [-0.39, 0.29) is 23.5 Å². The lowest BCUT2D eigenvalue weighted by Gasteiger charge is -2.07. The maximum Gasteiger partial charge on any atom is 0.332 e. The Morgan fingerprint density at radius 3 is 2.59 bits per heavy atom. The molecule has 0 aliphatic heterocycles. The molecule has 3 aromatic heterocycles. The number of rotatable bonds is 3. The van der Waals surface area contributed by atoms with Gasteiger partial charge in [0.25, 0.3) is 5.56 Å². The first-order valence-corrected chi connectivity index (χ1v) is 8.63. The van der Waals surface area contributed by atoms with Crippen LogP contribution in [0.4, 0.5) is 0 Å². The van der Waals surface area contributed by atoms with E-state index in [1.54, 1.807) is 16.7 Å². The van der Waals surface area contributed by atoms with Gasteiger partial charge in [-0.3, -0.25) is 27.7 Å². The van der Waals surface area contributed by atoms with E-state index >= 15 is 0 Å². The minimum Gasteiger partial charge on any atom is -0.298 e. The zero-order chi connectivity index (χ0) is 19.5. The average Bonchev–Trinajstić information content (AvgIpc) is 3.12. The molecule has 0 atom stereocenters. The zero-order valence-corrected chi connectivity index (χ0v) is 15.7. The van der Waals surface area contributed by atoms with Gasteiger partial charge in [0.15, 0.2) is 11.2 Å². The normalized spacial score (nSPS) is 11.6. The third kappa shape index (κ3) is 2.44. The van der Waals surface area contributed by atoms with Crippen LogP contribution in [0.2, 0.25) is 5.02 Å². The minimum absolute atomic E-state index is 0.238. The molecule has 3 heterocycles. The van der Waals surface area contributed by atoms with E-state index < -0.39 is 11.2 Å². The summed E-state index contributed by atoms with van der Waals surface area (Å²) in [7, 11) is 1.53. The van der Waals surface area contributed by atoms with Crippen LogP contribution in [0.5, 0.6) is 0 Å². The highest BCUT2D eigenvalue weighted by Gasteiger charge is 2.21. The van der Waals surface area contributed by atoms with Crippen LogP contribution in [0.15, 0.2) is 40.1 Å². The second-order valence-electron chi connectivity index (χ2n) is 6.45. The van der Waals surface area contributed by atoms with Gasteiger partial charge in [-0.1, -0.05) is 23.7 Å². The van der Waals surface area contributed by atoms with Crippen LogP contribution >= 0.6 is 11.6 Å². The van der Waals surface area contributed by atoms with Crippen molar-refractivity contribution in [2.45, 2.75) is 20.4 Å². The summed E-state index contributed by atoms with van der Waals surface area (Å²) in [6.45, 7) is 2.93. The lowest BCUT2D eigenvalue weighted by atomic mass is 10.3. The van der Waals surface area contributed by atoms with Crippen molar-refractivity contribution in [2.75, 3.05) is 0 Å². The molecule has 0 unspecified atom stereocenters. The number of benzene rings is 1. The lowest BCUT2D eigenvalue weighted by Crippen LogP contribution is -2.40. The van der Waals surface area contributed by atoms with Crippen LogP contribution in [0, 0.1) is 6.92 Å². The summed E-state index contributed by atoms with van der Waals surface area (Å²) in [6, 6.07) is 7.30. The summed E-state index contributed by atoms with van der Waals surface area (Å²) in [6.07, 6.45) is 1.76. The number of aryl methyl sites for hydroxylation is 2. The number of hydrogen-bond acceptors (Lipinski definition) is 4. The highest BCUT2D eigenvalue weighted by atomic mass is 35.5. The van der Waals surface area contributed by atoms with E-state index in [9.17, 15) is 14.4 Å². The van der Waals surface area contributed by atoms with Crippen LogP contribution in [0.3, 0.4) is 0 Å². The Morgan fingerprint density at radius 2 is 1.93 bits per heavy atom. The molecule has 0 aliphatic rings. The van der Waals surface area contributed by atoms with Crippen LogP contribution in [-0.4, -0.2) is 28.9 Å². The second-order valence-corrected chi connectivity index (χ2v) is 6.85. The largest absolute Gasteiger partial charge is 0.332 e. The number of aromatic nitrogens is 5. The smallest absolute Gasteiger partial charge is 0.298 e. The van der Waals surface area contributed by atoms with Crippen LogP contribution < -0.4 is 11.2 Å². The van der Waals surface area contributed by atoms with Gasteiger partial charge in [-0.2, -0.15) is 4.98 Å². The van der Waals surface area contributed by atoms with Gasteiger partial charge in [0.05, 0.1) is 17.3 Å². The molecule has 0 fully saturated rings. The first-order chi connectivity index (χ1) is 12.8. The summed E-state index contributed by atoms with van der Waals surface area (Å²) >= 11 is 6.34. The van der Waals surface area contributed by atoms with E-state index in [1.807, 2.05) is 29.7 Å². The second kappa shape index (κ2) is 5.95. The predicted molar refractivity (Wildman–Crippen MR) is 102 cm³/mol. The SMILES string of the molecule is CC(=O)Cn1c(=O)c2c(nc3n(-c4ccccc4Cl)c(C)cn23)n(C)c1=O. The number of fused-ring (bicyclic) bond motifs is 3. The van der Waals surface area contributed by atoms with E-state index in [2.05, 4.69) is 4.98 Å². The number of Topliss-reactive ketones (excluding diaryl/α,β-unsaturated/α-hetero) is 1. The third-order valence-electron chi connectivity index (χ3n) is 4.50. The first-order valence-electron chi connectivity index (χ1n) is 8.25. The maximum absolute atomic E-state index is 12.9. The summed E-state index contributed by atoms with van der Waals surface area (Å²) in [5.41, 5.74) is 0.898. The van der Waals surface area contributed by atoms with Crippen LogP contribution in [0.25, 0.3) is 22.6 Å². The fraction of sp³-hybridized carbons (Fsp3) is 0.222. The molecule has 27 heavy (non-hydrogen) atoms. The summed E-state index contributed by atoms with van der Waals surface area (Å²) in [5, 5.41) is 0.536. The van der Waals surface area contributed by atoms with Gasteiger partial charge in [0.2, 0.25) is 5.78 Å². The van der Waals surface area contributed by atoms with E-state index in [4.69, 9.17) is 11.6 Å². The van der Waals surface area contributed by atoms with E-state index in [0.717, 1.165) is 15.9 Å². The maximum atomic E-state index is 12.9. The molecule has 0 bridgehead atoms. The number of halogens is 1. The molecular weight excluding hydrogens is 370 g/mol. The summed E-state index contributed by atoms with van der Waals surface area (Å²) in [4.78, 5) is 41.5. The number of hydrogen-bond donors (Lipinski definition) is 0. The molecule has 0 spiro atoms. The molecule has 8 nitrogen and oxygen atoms in total. The van der Waals surface area contributed by atoms with Crippen molar-refractivity contribution in [2.24, 2.45) is 7.05 Å². The molecule has 4 aromatic rings. The molecule has 138 valence electrons. The van der Waals surface area contributed by atoms with Crippen molar-refractivity contribution >= 4 is 34.3 Å². The van der Waals surface area contributed by atoms with Crippen LogP contribution in [0.1, 0.15) is 12.6 Å². The molecule has 0 aliphatic carbocycles. The monoisotopic (exact) mass is 385 g/mol. The molecule has 1 aromatic carbocycles. The van der Waals surface area contributed by atoms with Gasteiger partial charge in [-0.15, -0.1) is 0 Å². The average molecular weight is 386 g/mol. The number of nitrogens with zero attached hydrogens (tertiary/aromatic N) is 5. The van der Waals surface area contributed by atoms with Crippen molar-refractivity contribution in [1.29, 1.82) is 0 Å². The highest BCUT2D eigenvalue weighted by Crippen LogP contribution is 2.25. The topological polar surface area (TPSA) is 83.3 Å². The van der Waals surface area contributed by atoms with Gasteiger partial charge in [0.1, 0.15) is 5.78 Å². The number of imidazole rings is 2. The zero-order valence-electron chi connectivity index (χ0n) is 14.9. The first kappa shape index (κ1) is 17.3. The Bertz CT molecular complexity index is 1360. The predicted octanol–water partition coefficient (Wildman–Crippen LogP) is 1.69. The van der Waals surface area contributed by atoms with Crippen LogP contribution in [-0.2, 0) is 18.4 Å². The summed E-state index contributed by atoms with van der Waals surface area (Å²) < 4.78 is 5.66. The molecule has 9 heteroatoms. The van der Waals surface area contributed by atoms with Gasteiger partial charge >= 0.3 is 5.69 Å². The number of para-hydroxylation sites is 1. The third-order valence-corrected chi connectivity index (χ3v) is 4.82. The molecular formula is C18H16ClN5O3. The molecule has 0 saturated carbocycles. The fourth-order valence-electron chi connectivity index (χ4n) is 3.30. The molecule has 0 amide bonds. The molecule has 0 saturated heterocycles. The van der Waals surface area contributed by atoms with E-state index in [1.165, 1.54) is 18.5 Å². The molecule has 0 N–H and O–H groups in total. The van der Waals surface area contributed by atoms with Crippen molar-refractivity contribution < 1.29 is 4.79 Å². The van der Waals surface area contributed by atoms with Gasteiger partial charge in [0, 0.05) is 18.9 Å². The quantitative estimate of drug-likeness (QED) is 0.537. The van der Waals surface area contributed by atoms with Crippen molar-refractivity contribution in [3.63, 3.8) is 0 Å². The van der Waals surface area contributed by atoms with Crippen molar-refractivity contribution in [3.8, 4) is 5.69 Å².